The normalized spacial score (nSPS) is 24.5. The number of nitrogens with one attached hydrogen (secondary N) is 2. The molecule has 0 atom stereocenters. The smallest absolute Gasteiger partial charge is 0.282 e. The molecule has 0 radical (unpaired) electrons. The Hall–Kier alpha value is -4.58. The van der Waals surface area contributed by atoms with E-state index < -0.39 is 0 Å². The van der Waals surface area contributed by atoms with Crippen LogP contribution in [0.2, 0.25) is 5.02 Å². The molecule has 11 rings (SSSR count). The Morgan fingerprint density at radius 3 is 2.32 bits per heavy atom. The molecule has 4 aromatic rings. The van der Waals surface area contributed by atoms with Gasteiger partial charge in [-0.3, -0.25) is 29.1 Å². The van der Waals surface area contributed by atoms with Crippen molar-refractivity contribution in [2.75, 3.05) is 39.3 Å². The van der Waals surface area contributed by atoms with Gasteiger partial charge in [0.25, 0.3) is 11.5 Å². The standard InChI is InChI=1S/C43H48ClN5O3.C5H7NO2/c1-42(2)32-12-8-28(22-36(32)49-35-5-3-4-34(44)37(35)40(51)46-41(42)49)27-14-18-47(19-15-27)24-26-6-9-29(10-7-26)48-20-16-43(17-21-48)25-52-38-31-23-45-39(50)30(31)11-13-33(38)43;7-4-2-1-3-5(8)6-4/h3-5,8,11-13,22,26-27,29H,6-7,9-10,14-21,23-25H2,1-2H3,(H,45,50);1-3H2,(H,6,7,8). The number of aromatic nitrogens is 2. The molecule has 60 heavy (non-hydrogen) atoms. The number of piperidine rings is 3. The van der Waals surface area contributed by atoms with E-state index >= 15 is 0 Å². The average Bonchev–Trinajstić information content (AvgIpc) is 3.88. The van der Waals surface area contributed by atoms with E-state index in [0.29, 0.717) is 48.2 Å². The van der Waals surface area contributed by atoms with Gasteiger partial charge in [0.05, 0.1) is 33.6 Å². The van der Waals surface area contributed by atoms with E-state index in [1.807, 2.05) is 18.2 Å². The molecule has 0 unspecified atom stereocenters. The van der Waals surface area contributed by atoms with Gasteiger partial charge in [0.15, 0.2) is 0 Å². The van der Waals surface area contributed by atoms with Gasteiger partial charge in [0, 0.05) is 54.1 Å². The summed E-state index contributed by atoms with van der Waals surface area (Å²) in [4.78, 5) is 56.0. The summed E-state index contributed by atoms with van der Waals surface area (Å²) >= 11 is 6.52. The van der Waals surface area contributed by atoms with Gasteiger partial charge < -0.3 is 19.9 Å². The van der Waals surface area contributed by atoms with Gasteiger partial charge in [-0.1, -0.05) is 35.9 Å². The summed E-state index contributed by atoms with van der Waals surface area (Å²) in [6.45, 7) is 11.5. The zero-order valence-corrected chi connectivity index (χ0v) is 35.5. The number of amides is 3. The van der Waals surface area contributed by atoms with Crippen LogP contribution >= 0.6 is 11.6 Å². The van der Waals surface area contributed by atoms with Crippen LogP contribution in [-0.4, -0.2) is 82.4 Å². The minimum atomic E-state index is -0.360. The van der Waals surface area contributed by atoms with Gasteiger partial charge in [-0.05, 0) is 145 Å². The number of imide groups is 1. The van der Waals surface area contributed by atoms with E-state index in [9.17, 15) is 19.2 Å². The van der Waals surface area contributed by atoms with Crippen LogP contribution in [0.1, 0.15) is 129 Å². The van der Waals surface area contributed by atoms with E-state index in [0.717, 1.165) is 85.5 Å². The molecular formula is C48H55ClN6O5. The Bertz CT molecular complexity index is 2440. The Morgan fingerprint density at radius 2 is 1.60 bits per heavy atom. The molecule has 3 amide bonds. The summed E-state index contributed by atoms with van der Waals surface area (Å²) in [7, 11) is 0. The predicted octanol–water partition coefficient (Wildman–Crippen LogP) is 6.90. The predicted molar refractivity (Wildman–Crippen MR) is 231 cm³/mol. The number of carbonyl (C=O) groups is 3. The molecule has 1 saturated carbocycles. The highest BCUT2D eigenvalue weighted by Gasteiger charge is 2.46. The number of hydrogen-bond donors (Lipinski definition) is 2. The van der Waals surface area contributed by atoms with Crippen molar-refractivity contribution in [3.05, 3.63) is 97.5 Å². The Balaban J connectivity index is 0.000000488. The number of ether oxygens (including phenoxy) is 1. The molecule has 7 heterocycles. The quantitative estimate of drug-likeness (QED) is 0.213. The molecule has 12 heteroatoms. The molecule has 0 bridgehead atoms. The number of hydrogen-bond acceptors (Lipinski definition) is 8. The van der Waals surface area contributed by atoms with Crippen LogP contribution in [0.25, 0.3) is 16.6 Å². The van der Waals surface area contributed by atoms with Gasteiger partial charge >= 0.3 is 0 Å². The van der Waals surface area contributed by atoms with Crippen molar-refractivity contribution in [2.24, 2.45) is 5.92 Å². The third-order valence-corrected chi connectivity index (χ3v) is 15.4. The summed E-state index contributed by atoms with van der Waals surface area (Å²) < 4.78 is 8.49. The van der Waals surface area contributed by atoms with Crippen molar-refractivity contribution < 1.29 is 19.1 Å². The minimum Gasteiger partial charge on any atom is -0.492 e. The van der Waals surface area contributed by atoms with Gasteiger partial charge in [-0.2, -0.15) is 4.98 Å². The lowest BCUT2D eigenvalue weighted by atomic mass is 9.73. The second-order valence-corrected chi connectivity index (χ2v) is 19.3. The number of nitrogens with zero attached hydrogens (tertiary/aromatic N) is 4. The van der Waals surface area contributed by atoms with Crippen molar-refractivity contribution in [1.29, 1.82) is 0 Å². The molecule has 6 aliphatic heterocycles. The number of fused-ring (bicyclic) bond motifs is 9. The topological polar surface area (TPSA) is 126 Å². The molecular weight excluding hydrogens is 776 g/mol. The summed E-state index contributed by atoms with van der Waals surface area (Å²) in [5.74, 6) is 2.87. The number of likely N-dealkylation sites (tertiary alicyclic amines) is 2. The summed E-state index contributed by atoms with van der Waals surface area (Å²) in [6.07, 6.45) is 11.7. The number of benzene rings is 3. The fraction of sp³-hybridized carbons (Fsp3) is 0.521. The SMILES string of the molecule is CC1(C)c2ccc(C3CCN(CC4CCC(N5CCC6(CC5)COc5c6ccc6c5CNC6=O)CC4)CC3)cc2-n2c1nc(=O)c1c(Cl)cccc12.O=C1CCCC(=O)N1. The van der Waals surface area contributed by atoms with Crippen molar-refractivity contribution in [1.82, 2.24) is 30.0 Å². The van der Waals surface area contributed by atoms with Gasteiger partial charge in [0.1, 0.15) is 11.6 Å². The van der Waals surface area contributed by atoms with Crippen LogP contribution in [0, 0.1) is 5.92 Å². The third kappa shape index (κ3) is 6.85. The maximum absolute atomic E-state index is 13.1. The van der Waals surface area contributed by atoms with Crippen LogP contribution in [0.4, 0.5) is 0 Å². The summed E-state index contributed by atoms with van der Waals surface area (Å²) in [5, 5.41) is 6.13. The molecule has 2 N–H and O–H groups in total. The van der Waals surface area contributed by atoms with Crippen LogP contribution in [-0.2, 0) is 27.0 Å². The van der Waals surface area contributed by atoms with Gasteiger partial charge in [-0.15, -0.1) is 0 Å². The van der Waals surface area contributed by atoms with Crippen LogP contribution in [0.15, 0.2) is 53.3 Å². The van der Waals surface area contributed by atoms with Crippen molar-refractivity contribution in [2.45, 2.75) is 114 Å². The Morgan fingerprint density at radius 1 is 0.867 bits per heavy atom. The minimum absolute atomic E-state index is 0.0307. The second-order valence-electron chi connectivity index (χ2n) is 18.9. The van der Waals surface area contributed by atoms with E-state index in [-0.39, 0.29) is 34.1 Å². The molecule has 1 aromatic heterocycles. The fourth-order valence-electron chi connectivity index (χ4n) is 11.6. The first-order chi connectivity index (χ1) is 29.0. The molecule has 7 aliphatic rings. The fourth-order valence-corrected chi connectivity index (χ4v) is 11.9. The molecule has 3 saturated heterocycles. The summed E-state index contributed by atoms with van der Waals surface area (Å²) in [5.41, 5.74) is 7.29. The van der Waals surface area contributed by atoms with E-state index in [1.54, 1.807) is 6.07 Å². The van der Waals surface area contributed by atoms with E-state index in [2.05, 4.69) is 68.1 Å². The first-order valence-electron chi connectivity index (χ1n) is 22.2. The Kier molecular flexibility index (Phi) is 10.2. The third-order valence-electron chi connectivity index (χ3n) is 15.1. The maximum Gasteiger partial charge on any atom is 0.282 e. The van der Waals surface area contributed by atoms with Gasteiger partial charge in [0.2, 0.25) is 11.8 Å². The summed E-state index contributed by atoms with van der Waals surface area (Å²) in [6, 6.07) is 17.6. The number of halogens is 1. The first kappa shape index (κ1) is 39.5. The molecule has 3 aromatic carbocycles. The molecule has 314 valence electrons. The highest BCUT2D eigenvalue weighted by Crippen LogP contribution is 2.49. The lowest BCUT2D eigenvalue weighted by Crippen LogP contribution is -2.49. The lowest BCUT2D eigenvalue weighted by molar-refractivity contribution is -0.132. The molecule has 11 nitrogen and oxygen atoms in total. The van der Waals surface area contributed by atoms with E-state index in [1.165, 1.54) is 61.8 Å². The highest BCUT2D eigenvalue weighted by atomic mass is 35.5. The van der Waals surface area contributed by atoms with Crippen LogP contribution in [0.5, 0.6) is 5.75 Å². The largest absolute Gasteiger partial charge is 0.492 e. The first-order valence-corrected chi connectivity index (χ1v) is 22.6. The van der Waals surface area contributed by atoms with E-state index in [4.69, 9.17) is 16.3 Å². The maximum atomic E-state index is 13.1. The number of carbonyl (C=O) groups excluding carboxylic acids is 3. The molecule has 4 fully saturated rings. The van der Waals surface area contributed by atoms with Crippen LogP contribution in [0.3, 0.4) is 0 Å². The van der Waals surface area contributed by atoms with Crippen molar-refractivity contribution in [3.8, 4) is 11.4 Å². The van der Waals surface area contributed by atoms with Crippen molar-refractivity contribution >= 4 is 40.2 Å². The van der Waals surface area contributed by atoms with Crippen molar-refractivity contribution in [3.63, 3.8) is 0 Å². The highest BCUT2D eigenvalue weighted by molar-refractivity contribution is 6.35. The lowest BCUT2D eigenvalue weighted by Gasteiger charge is -2.44. The average molecular weight is 831 g/mol. The molecule has 1 spiro atoms. The monoisotopic (exact) mass is 830 g/mol. The zero-order valence-electron chi connectivity index (χ0n) is 34.8. The van der Waals surface area contributed by atoms with Gasteiger partial charge in [-0.25, -0.2) is 0 Å². The van der Waals surface area contributed by atoms with Crippen LogP contribution < -0.4 is 20.9 Å². The molecule has 1 aliphatic carbocycles. The second kappa shape index (κ2) is 15.4. The number of rotatable bonds is 4. The zero-order chi connectivity index (χ0) is 41.3. The Labute approximate surface area is 356 Å².